The highest BCUT2D eigenvalue weighted by atomic mass is 35.5. The number of nitrogens with one attached hydrogen (secondary N) is 1. The van der Waals surface area contributed by atoms with Crippen LogP contribution in [0.2, 0.25) is 10.0 Å². The molecule has 3 rings (SSSR count). The van der Waals surface area contributed by atoms with Gasteiger partial charge in [-0.2, -0.15) is 5.10 Å². The van der Waals surface area contributed by atoms with Gasteiger partial charge in [0.25, 0.3) is 5.91 Å². The fraction of sp³-hybridized carbons (Fsp3) is 0.0909. The van der Waals surface area contributed by atoms with Crippen molar-refractivity contribution in [1.82, 2.24) is 5.43 Å². The number of halogens is 2. The first-order valence-corrected chi connectivity index (χ1v) is 11.8. The average Bonchev–Trinajstić information content (AvgIpc) is 2.74. The summed E-state index contributed by atoms with van der Waals surface area (Å²) in [4.78, 5) is 12.3. The summed E-state index contributed by atoms with van der Waals surface area (Å²) in [5, 5.41) is 4.74. The third kappa shape index (κ3) is 6.07. The van der Waals surface area contributed by atoms with E-state index >= 15 is 0 Å². The predicted molar refractivity (Wildman–Crippen MR) is 125 cm³/mol. The van der Waals surface area contributed by atoms with Gasteiger partial charge in [0, 0.05) is 11.1 Å². The Labute approximate surface area is 191 Å². The summed E-state index contributed by atoms with van der Waals surface area (Å²) in [5.74, 6) is -0.422. The predicted octanol–water partition coefficient (Wildman–Crippen LogP) is 4.72. The van der Waals surface area contributed by atoms with E-state index in [1.54, 1.807) is 66.7 Å². The number of para-hydroxylation sites is 1. The Kier molecular flexibility index (Phi) is 7.33. The number of carbonyl (C=O) groups is 1. The van der Waals surface area contributed by atoms with E-state index in [4.69, 9.17) is 23.2 Å². The second-order valence-electron chi connectivity index (χ2n) is 6.64. The highest BCUT2D eigenvalue weighted by molar-refractivity contribution is 7.92. The molecule has 31 heavy (non-hydrogen) atoms. The number of sulfonamides is 1. The summed E-state index contributed by atoms with van der Waals surface area (Å²) in [5.41, 5.74) is 4.60. The highest BCUT2D eigenvalue weighted by Crippen LogP contribution is 2.22. The van der Waals surface area contributed by atoms with Gasteiger partial charge in [-0.25, -0.2) is 13.8 Å². The number of nitrogens with zero attached hydrogens (tertiary/aromatic N) is 2. The van der Waals surface area contributed by atoms with E-state index < -0.39 is 15.9 Å². The number of hydrogen-bond donors (Lipinski definition) is 1. The van der Waals surface area contributed by atoms with Crippen molar-refractivity contribution in [3.63, 3.8) is 0 Å². The van der Waals surface area contributed by atoms with Gasteiger partial charge in [0.05, 0.1) is 34.7 Å². The van der Waals surface area contributed by atoms with Crippen molar-refractivity contribution >= 4 is 51.0 Å². The molecule has 0 aliphatic heterocycles. The van der Waals surface area contributed by atoms with E-state index in [2.05, 4.69) is 10.5 Å². The number of amides is 1. The molecule has 3 aromatic rings. The number of rotatable bonds is 7. The van der Waals surface area contributed by atoms with Crippen LogP contribution >= 0.6 is 23.2 Å². The van der Waals surface area contributed by atoms with Gasteiger partial charge in [0.2, 0.25) is 10.0 Å². The zero-order chi connectivity index (χ0) is 22.4. The fourth-order valence-corrected chi connectivity index (χ4v) is 4.16. The van der Waals surface area contributed by atoms with Crippen LogP contribution in [0.3, 0.4) is 0 Å². The van der Waals surface area contributed by atoms with E-state index in [0.29, 0.717) is 26.9 Å². The molecule has 0 radical (unpaired) electrons. The summed E-state index contributed by atoms with van der Waals surface area (Å²) in [6.07, 6.45) is 2.53. The zero-order valence-electron chi connectivity index (χ0n) is 16.5. The molecular weight excluding hydrogens is 457 g/mol. The van der Waals surface area contributed by atoms with Gasteiger partial charge in [-0.1, -0.05) is 59.6 Å². The monoisotopic (exact) mass is 475 g/mol. The molecule has 0 heterocycles. The lowest BCUT2D eigenvalue weighted by molar-refractivity contribution is 0.0955. The number of hydrogen-bond acceptors (Lipinski definition) is 4. The Hall–Kier alpha value is -2.87. The lowest BCUT2D eigenvalue weighted by Crippen LogP contribution is -2.29. The van der Waals surface area contributed by atoms with Crippen LogP contribution < -0.4 is 9.73 Å². The van der Waals surface area contributed by atoms with Crippen LogP contribution in [0.25, 0.3) is 0 Å². The van der Waals surface area contributed by atoms with Crippen LogP contribution in [-0.2, 0) is 16.6 Å². The van der Waals surface area contributed by atoms with Gasteiger partial charge >= 0.3 is 0 Å². The fourth-order valence-electron chi connectivity index (χ4n) is 2.78. The Balaban J connectivity index is 1.69. The molecule has 0 bridgehead atoms. The van der Waals surface area contributed by atoms with Crippen LogP contribution in [0, 0.1) is 0 Å². The third-order valence-corrected chi connectivity index (χ3v) is 6.15. The Bertz CT molecular complexity index is 1180. The second kappa shape index (κ2) is 9.96. The zero-order valence-corrected chi connectivity index (χ0v) is 18.8. The molecule has 0 saturated heterocycles. The van der Waals surface area contributed by atoms with E-state index in [-0.39, 0.29) is 6.54 Å². The van der Waals surface area contributed by atoms with Crippen LogP contribution in [-0.4, -0.2) is 26.8 Å². The second-order valence-corrected chi connectivity index (χ2v) is 9.36. The minimum Gasteiger partial charge on any atom is -0.267 e. The van der Waals surface area contributed by atoms with Crippen molar-refractivity contribution in [2.45, 2.75) is 6.54 Å². The maximum absolute atomic E-state index is 12.3. The lowest BCUT2D eigenvalue weighted by atomic mass is 10.1. The number of hydrazone groups is 1. The maximum Gasteiger partial charge on any atom is 0.271 e. The molecule has 3 aromatic carbocycles. The van der Waals surface area contributed by atoms with Crippen molar-refractivity contribution in [3.05, 3.63) is 99.5 Å². The van der Waals surface area contributed by atoms with Gasteiger partial charge in [-0.05, 0) is 42.0 Å². The van der Waals surface area contributed by atoms with Crippen molar-refractivity contribution in [1.29, 1.82) is 0 Å². The summed E-state index contributed by atoms with van der Waals surface area (Å²) in [6.45, 7) is 0.147. The molecule has 6 nitrogen and oxygen atoms in total. The molecule has 0 aliphatic rings. The molecule has 0 aromatic heterocycles. The highest BCUT2D eigenvalue weighted by Gasteiger charge is 2.17. The van der Waals surface area contributed by atoms with E-state index in [0.717, 1.165) is 11.8 Å². The summed E-state index contributed by atoms with van der Waals surface area (Å²) in [7, 11) is -3.47. The normalized spacial score (nSPS) is 11.5. The topological polar surface area (TPSA) is 78.8 Å². The molecule has 0 aliphatic carbocycles. The van der Waals surface area contributed by atoms with Crippen molar-refractivity contribution in [2.75, 3.05) is 10.6 Å². The number of carbonyl (C=O) groups excluding carboxylic acids is 1. The maximum atomic E-state index is 12.3. The van der Waals surface area contributed by atoms with E-state index in [1.807, 2.05) is 6.07 Å². The van der Waals surface area contributed by atoms with Gasteiger partial charge in [-0.15, -0.1) is 0 Å². The molecule has 160 valence electrons. The van der Waals surface area contributed by atoms with Crippen molar-refractivity contribution < 1.29 is 13.2 Å². The standard InChI is InChI=1S/C22H19Cl2N3O3S/c1-31(29,30)27(18-6-3-2-4-7-18)15-16-10-12-17(13-11-16)22(28)26-25-14-19-20(23)8-5-9-21(19)24/h2-14H,15H2,1H3,(H,26,28)/b25-14-. The van der Waals surface area contributed by atoms with Crippen LogP contribution in [0.1, 0.15) is 21.5 Å². The Morgan fingerprint density at radius 3 is 2.16 bits per heavy atom. The number of anilines is 1. The minimum atomic E-state index is -3.47. The molecule has 0 saturated carbocycles. The Morgan fingerprint density at radius 1 is 0.968 bits per heavy atom. The molecule has 0 atom stereocenters. The molecule has 9 heteroatoms. The van der Waals surface area contributed by atoms with Crippen LogP contribution in [0.15, 0.2) is 77.9 Å². The molecular formula is C22H19Cl2N3O3S. The van der Waals surface area contributed by atoms with Crippen molar-refractivity contribution in [2.24, 2.45) is 5.10 Å². The number of benzene rings is 3. The van der Waals surface area contributed by atoms with Gasteiger partial charge in [0.15, 0.2) is 0 Å². The molecule has 0 spiro atoms. The van der Waals surface area contributed by atoms with Crippen LogP contribution in [0.4, 0.5) is 5.69 Å². The van der Waals surface area contributed by atoms with Crippen LogP contribution in [0.5, 0.6) is 0 Å². The summed E-state index contributed by atoms with van der Waals surface area (Å²) < 4.78 is 25.7. The molecule has 0 fully saturated rings. The molecule has 0 unspecified atom stereocenters. The average molecular weight is 476 g/mol. The van der Waals surface area contributed by atoms with Gasteiger partial charge < -0.3 is 0 Å². The SMILES string of the molecule is CS(=O)(=O)N(Cc1ccc(C(=O)N/N=C\c2c(Cl)cccc2Cl)cc1)c1ccccc1. The van der Waals surface area contributed by atoms with Crippen molar-refractivity contribution in [3.8, 4) is 0 Å². The molecule has 1 N–H and O–H groups in total. The van der Waals surface area contributed by atoms with E-state index in [9.17, 15) is 13.2 Å². The van der Waals surface area contributed by atoms with Gasteiger partial charge in [-0.3, -0.25) is 9.10 Å². The first-order valence-electron chi connectivity index (χ1n) is 9.15. The summed E-state index contributed by atoms with van der Waals surface area (Å²) >= 11 is 12.1. The van der Waals surface area contributed by atoms with Gasteiger partial charge in [0.1, 0.15) is 0 Å². The lowest BCUT2D eigenvalue weighted by Gasteiger charge is -2.22. The molecule has 1 amide bonds. The first-order chi connectivity index (χ1) is 14.8. The smallest absolute Gasteiger partial charge is 0.267 e. The minimum absolute atomic E-state index is 0.147. The largest absolute Gasteiger partial charge is 0.271 e. The quantitative estimate of drug-likeness (QED) is 0.396. The first kappa shape index (κ1) is 22.8. The van der Waals surface area contributed by atoms with E-state index in [1.165, 1.54) is 10.5 Å². The third-order valence-electron chi connectivity index (χ3n) is 4.35. The summed E-state index contributed by atoms with van der Waals surface area (Å²) in [6, 6.07) is 20.5. The Morgan fingerprint density at radius 2 is 1.58 bits per heavy atom.